The molecule has 0 amide bonds. The lowest BCUT2D eigenvalue weighted by atomic mass is 10.1. The summed E-state index contributed by atoms with van der Waals surface area (Å²) in [6.45, 7) is 1.62. The van der Waals surface area contributed by atoms with Gasteiger partial charge >= 0.3 is 5.97 Å². The lowest BCUT2D eigenvalue weighted by Gasteiger charge is -2.04. The van der Waals surface area contributed by atoms with Crippen molar-refractivity contribution in [3.63, 3.8) is 0 Å². The van der Waals surface area contributed by atoms with E-state index in [0.29, 0.717) is 22.7 Å². The van der Waals surface area contributed by atoms with Gasteiger partial charge in [0.05, 0.1) is 17.6 Å². The van der Waals surface area contributed by atoms with Gasteiger partial charge in [0.1, 0.15) is 5.76 Å². The highest BCUT2D eigenvalue weighted by Crippen LogP contribution is 2.14. The molecule has 0 aliphatic rings. The molecule has 3 rings (SSSR count). The molecule has 0 unspecified atom stereocenters. The highest BCUT2D eigenvalue weighted by atomic mass is 16.4. The lowest BCUT2D eigenvalue weighted by Crippen LogP contribution is -2.03. The first-order chi connectivity index (χ1) is 11.6. The molecule has 0 aliphatic heterocycles. The van der Waals surface area contributed by atoms with Crippen molar-refractivity contribution < 1.29 is 19.1 Å². The highest BCUT2D eigenvalue weighted by molar-refractivity contribution is 6.06. The fourth-order valence-corrected chi connectivity index (χ4v) is 2.18. The van der Waals surface area contributed by atoms with Crippen LogP contribution in [0.25, 0.3) is 11.8 Å². The Morgan fingerprint density at radius 2 is 1.96 bits per heavy atom. The molecule has 7 nitrogen and oxygen atoms in total. The quantitative estimate of drug-likeness (QED) is 0.572. The van der Waals surface area contributed by atoms with E-state index < -0.39 is 5.97 Å². The maximum atomic E-state index is 12.1. The van der Waals surface area contributed by atoms with Gasteiger partial charge in [-0.05, 0) is 55.5 Å². The van der Waals surface area contributed by atoms with E-state index in [0.717, 1.165) is 0 Å². The van der Waals surface area contributed by atoms with E-state index in [1.165, 1.54) is 17.0 Å². The van der Waals surface area contributed by atoms with Crippen LogP contribution < -0.4 is 0 Å². The van der Waals surface area contributed by atoms with Crippen LogP contribution >= 0.6 is 0 Å². The number of allylic oxidation sites excluding steroid dienone is 1. The van der Waals surface area contributed by atoms with Gasteiger partial charge < -0.3 is 9.52 Å². The van der Waals surface area contributed by atoms with Gasteiger partial charge in [0, 0.05) is 5.56 Å². The Labute approximate surface area is 136 Å². The molecular weight excluding hydrogens is 310 g/mol. The minimum absolute atomic E-state index is 0.100. The standard InChI is InChI=1S/C17H13N3O4/c1-11-16(17(22)23)18-19-20(11)13-6-4-12(5-7-13)15(21)9-8-14-3-2-10-24-14/h2-10H,1H3,(H,22,23)/b9-8-. The van der Waals surface area contributed by atoms with Crippen molar-refractivity contribution in [3.8, 4) is 5.69 Å². The van der Waals surface area contributed by atoms with E-state index in [9.17, 15) is 9.59 Å². The first-order valence-corrected chi connectivity index (χ1v) is 7.08. The summed E-state index contributed by atoms with van der Waals surface area (Å²) in [7, 11) is 0. The Kier molecular flexibility index (Phi) is 4.07. The molecule has 1 aromatic carbocycles. The molecular formula is C17H13N3O4. The molecule has 24 heavy (non-hydrogen) atoms. The Morgan fingerprint density at radius 1 is 1.21 bits per heavy atom. The summed E-state index contributed by atoms with van der Waals surface area (Å²) in [5, 5.41) is 16.5. The van der Waals surface area contributed by atoms with Gasteiger partial charge in [-0.2, -0.15) is 0 Å². The van der Waals surface area contributed by atoms with Crippen LogP contribution in [0.1, 0.15) is 32.3 Å². The van der Waals surface area contributed by atoms with Crippen molar-refractivity contribution in [1.29, 1.82) is 0 Å². The fourth-order valence-electron chi connectivity index (χ4n) is 2.18. The van der Waals surface area contributed by atoms with Crippen molar-refractivity contribution in [1.82, 2.24) is 15.0 Å². The number of carbonyl (C=O) groups is 2. The molecule has 1 N–H and O–H groups in total. The first-order valence-electron chi connectivity index (χ1n) is 7.08. The second kappa shape index (κ2) is 6.33. The summed E-state index contributed by atoms with van der Waals surface area (Å²) in [5.74, 6) is -0.701. The smallest absolute Gasteiger partial charge is 0.358 e. The molecule has 0 saturated heterocycles. The zero-order chi connectivity index (χ0) is 17.1. The van der Waals surface area contributed by atoms with E-state index in [-0.39, 0.29) is 11.5 Å². The number of carbonyl (C=O) groups excluding carboxylic acids is 1. The van der Waals surface area contributed by atoms with Gasteiger partial charge in [-0.25, -0.2) is 9.48 Å². The molecule has 0 aliphatic carbocycles. The van der Waals surface area contributed by atoms with E-state index in [1.54, 1.807) is 49.4 Å². The molecule has 2 heterocycles. The average Bonchev–Trinajstić information content (AvgIpc) is 3.22. The number of furan rings is 1. The van der Waals surface area contributed by atoms with E-state index in [4.69, 9.17) is 9.52 Å². The van der Waals surface area contributed by atoms with Crippen LogP contribution in [0.5, 0.6) is 0 Å². The van der Waals surface area contributed by atoms with Gasteiger partial charge in [0.25, 0.3) is 0 Å². The average molecular weight is 323 g/mol. The van der Waals surface area contributed by atoms with Crippen LogP contribution in [0.15, 0.2) is 53.2 Å². The number of ketones is 1. The zero-order valence-electron chi connectivity index (χ0n) is 12.7. The van der Waals surface area contributed by atoms with Crippen LogP contribution in [-0.4, -0.2) is 31.9 Å². The van der Waals surface area contributed by atoms with Crippen LogP contribution in [0, 0.1) is 6.92 Å². The summed E-state index contributed by atoms with van der Waals surface area (Å²) in [6.07, 6.45) is 4.55. The van der Waals surface area contributed by atoms with E-state index >= 15 is 0 Å². The summed E-state index contributed by atoms with van der Waals surface area (Å²) in [5.41, 5.74) is 1.44. The Balaban J connectivity index is 1.80. The van der Waals surface area contributed by atoms with Crippen LogP contribution in [0.2, 0.25) is 0 Å². The summed E-state index contributed by atoms with van der Waals surface area (Å²) in [6, 6.07) is 10.1. The minimum Gasteiger partial charge on any atom is -0.476 e. The summed E-state index contributed by atoms with van der Waals surface area (Å²) in [4.78, 5) is 23.1. The molecule has 120 valence electrons. The normalized spacial score (nSPS) is 11.0. The SMILES string of the molecule is Cc1c(C(=O)O)nnn1-c1ccc(C(=O)/C=C\c2ccco2)cc1. The zero-order valence-corrected chi connectivity index (χ0v) is 12.7. The van der Waals surface area contributed by atoms with Gasteiger partial charge in [-0.15, -0.1) is 5.10 Å². The number of carboxylic acids is 1. The molecule has 3 aromatic rings. The molecule has 0 atom stereocenters. The number of aromatic carboxylic acids is 1. The molecule has 0 spiro atoms. The molecule has 2 aromatic heterocycles. The number of rotatable bonds is 5. The van der Waals surface area contributed by atoms with Crippen molar-refractivity contribution in [2.75, 3.05) is 0 Å². The van der Waals surface area contributed by atoms with Crippen molar-refractivity contribution in [3.05, 3.63) is 71.4 Å². The predicted molar refractivity (Wildman–Crippen MR) is 85.1 cm³/mol. The molecule has 0 saturated carbocycles. The maximum absolute atomic E-state index is 12.1. The Hall–Kier alpha value is -3.48. The van der Waals surface area contributed by atoms with Crippen LogP contribution in [0.4, 0.5) is 0 Å². The number of hydrogen-bond acceptors (Lipinski definition) is 5. The van der Waals surface area contributed by atoms with E-state index in [2.05, 4.69) is 10.3 Å². The van der Waals surface area contributed by atoms with Gasteiger partial charge in [-0.1, -0.05) is 5.21 Å². The summed E-state index contributed by atoms with van der Waals surface area (Å²) < 4.78 is 6.54. The second-order valence-electron chi connectivity index (χ2n) is 5.00. The highest BCUT2D eigenvalue weighted by Gasteiger charge is 2.16. The van der Waals surface area contributed by atoms with E-state index in [1.807, 2.05) is 0 Å². The number of benzene rings is 1. The second-order valence-corrected chi connectivity index (χ2v) is 5.00. The van der Waals surface area contributed by atoms with Crippen LogP contribution in [0.3, 0.4) is 0 Å². The topological polar surface area (TPSA) is 98.2 Å². The molecule has 0 fully saturated rings. The van der Waals surface area contributed by atoms with Crippen molar-refractivity contribution in [2.24, 2.45) is 0 Å². The Bertz CT molecular complexity index is 906. The number of hydrogen-bond donors (Lipinski definition) is 1. The largest absolute Gasteiger partial charge is 0.476 e. The number of carboxylic acid groups (broad SMARTS) is 1. The molecule has 0 radical (unpaired) electrons. The Morgan fingerprint density at radius 3 is 2.54 bits per heavy atom. The third-order valence-electron chi connectivity index (χ3n) is 3.44. The van der Waals surface area contributed by atoms with Crippen molar-refractivity contribution >= 4 is 17.8 Å². The number of aromatic nitrogens is 3. The number of nitrogens with zero attached hydrogens (tertiary/aromatic N) is 3. The monoisotopic (exact) mass is 323 g/mol. The lowest BCUT2D eigenvalue weighted by molar-refractivity contribution is 0.0689. The molecule has 7 heteroatoms. The van der Waals surface area contributed by atoms with Gasteiger partial charge in [0.15, 0.2) is 11.5 Å². The summed E-state index contributed by atoms with van der Waals surface area (Å²) >= 11 is 0. The fraction of sp³-hybridized carbons (Fsp3) is 0.0588. The third-order valence-corrected chi connectivity index (χ3v) is 3.44. The van der Waals surface area contributed by atoms with Gasteiger partial charge in [0.2, 0.25) is 0 Å². The van der Waals surface area contributed by atoms with Gasteiger partial charge in [-0.3, -0.25) is 4.79 Å². The minimum atomic E-state index is -1.13. The van der Waals surface area contributed by atoms with Crippen molar-refractivity contribution in [2.45, 2.75) is 6.92 Å². The maximum Gasteiger partial charge on any atom is 0.358 e. The molecule has 0 bridgehead atoms. The third kappa shape index (κ3) is 3.00. The predicted octanol–water partition coefficient (Wildman–Crippen LogP) is 2.76. The first kappa shape index (κ1) is 15.4. The van der Waals surface area contributed by atoms with Crippen LogP contribution in [-0.2, 0) is 0 Å².